The lowest BCUT2D eigenvalue weighted by atomic mass is 9.91. The van der Waals surface area contributed by atoms with Crippen molar-refractivity contribution in [3.05, 3.63) is 77.4 Å². The molecule has 3 aromatic rings. The van der Waals surface area contributed by atoms with Crippen molar-refractivity contribution in [2.24, 2.45) is 0 Å². The standard InChI is InChI=1S/C29H39FN6/c1-5-27-31-10-11-35(27)19-25-17-32-21(2)18-34(25)12-13-36-20-29(3,4)28-26(36)15-23(16-33-28)14-22-6-8-24(30)9-7-22/h6-11,15-16,21,25,32H,5,12-14,17-20H2,1-4H3/t21-,25-/m1/s1. The number of hydrogen-bond donors (Lipinski definition) is 1. The van der Waals surface area contributed by atoms with Crippen LogP contribution < -0.4 is 10.2 Å². The average molecular weight is 491 g/mol. The summed E-state index contributed by atoms with van der Waals surface area (Å²) in [6.45, 7) is 15.0. The zero-order valence-corrected chi connectivity index (χ0v) is 22.0. The molecule has 7 heteroatoms. The molecule has 0 radical (unpaired) electrons. The molecule has 2 aromatic heterocycles. The summed E-state index contributed by atoms with van der Waals surface area (Å²) in [5.41, 5.74) is 4.73. The Morgan fingerprint density at radius 1 is 1.11 bits per heavy atom. The van der Waals surface area contributed by atoms with Crippen molar-refractivity contribution in [3.8, 4) is 0 Å². The number of aryl methyl sites for hydroxylation is 1. The lowest BCUT2D eigenvalue weighted by Crippen LogP contribution is -2.58. The number of fused-ring (bicyclic) bond motifs is 1. The summed E-state index contributed by atoms with van der Waals surface area (Å²) in [4.78, 5) is 14.6. The monoisotopic (exact) mass is 490 g/mol. The van der Waals surface area contributed by atoms with Crippen LogP contribution in [0.1, 0.15) is 50.3 Å². The molecule has 1 fully saturated rings. The van der Waals surface area contributed by atoms with E-state index < -0.39 is 0 Å². The number of imidazole rings is 1. The third kappa shape index (κ3) is 5.32. The summed E-state index contributed by atoms with van der Waals surface area (Å²) in [7, 11) is 0. The van der Waals surface area contributed by atoms with Crippen LogP contribution >= 0.6 is 0 Å². The first kappa shape index (κ1) is 24.9. The molecule has 0 unspecified atom stereocenters. The van der Waals surface area contributed by atoms with E-state index in [1.165, 1.54) is 29.1 Å². The van der Waals surface area contributed by atoms with E-state index in [0.29, 0.717) is 12.1 Å². The van der Waals surface area contributed by atoms with E-state index in [-0.39, 0.29) is 11.2 Å². The zero-order valence-electron chi connectivity index (χ0n) is 22.0. The fraction of sp³-hybridized carbons (Fsp3) is 0.517. The minimum absolute atomic E-state index is 0.0206. The van der Waals surface area contributed by atoms with Gasteiger partial charge < -0.3 is 14.8 Å². The number of piperazine rings is 1. The summed E-state index contributed by atoms with van der Waals surface area (Å²) in [5, 5.41) is 3.68. The molecule has 2 aliphatic rings. The van der Waals surface area contributed by atoms with Crippen LogP contribution in [0.3, 0.4) is 0 Å². The Balaban J connectivity index is 1.30. The number of rotatable bonds is 8. The van der Waals surface area contributed by atoms with Gasteiger partial charge in [0.05, 0.1) is 11.4 Å². The number of nitrogens with zero attached hydrogens (tertiary/aromatic N) is 5. The van der Waals surface area contributed by atoms with E-state index in [0.717, 1.165) is 63.5 Å². The molecule has 2 aliphatic heterocycles. The summed E-state index contributed by atoms with van der Waals surface area (Å²) < 4.78 is 15.7. The third-order valence-corrected chi connectivity index (χ3v) is 7.72. The van der Waals surface area contributed by atoms with Crippen LogP contribution in [-0.2, 0) is 24.8 Å². The van der Waals surface area contributed by atoms with E-state index in [9.17, 15) is 4.39 Å². The number of benzene rings is 1. The fourth-order valence-electron chi connectivity index (χ4n) is 5.81. The van der Waals surface area contributed by atoms with Crippen LogP contribution in [0, 0.1) is 5.82 Å². The summed E-state index contributed by atoms with van der Waals surface area (Å²) in [6, 6.07) is 10.0. The summed E-state index contributed by atoms with van der Waals surface area (Å²) in [6.07, 6.45) is 7.75. The fourth-order valence-corrected chi connectivity index (χ4v) is 5.81. The molecule has 2 atom stereocenters. The predicted molar refractivity (Wildman–Crippen MR) is 143 cm³/mol. The second-order valence-electron chi connectivity index (χ2n) is 11.1. The molecular weight excluding hydrogens is 451 g/mol. The van der Waals surface area contributed by atoms with E-state index in [1.54, 1.807) is 0 Å². The van der Waals surface area contributed by atoms with Gasteiger partial charge in [-0.3, -0.25) is 9.88 Å². The normalized spacial score (nSPS) is 21.6. The lowest BCUT2D eigenvalue weighted by Gasteiger charge is -2.40. The van der Waals surface area contributed by atoms with Gasteiger partial charge in [0.1, 0.15) is 11.6 Å². The van der Waals surface area contributed by atoms with Crippen LogP contribution in [0.25, 0.3) is 0 Å². The maximum Gasteiger partial charge on any atom is 0.123 e. The highest BCUT2D eigenvalue weighted by atomic mass is 19.1. The Kier molecular flexibility index (Phi) is 7.13. The molecule has 192 valence electrons. The van der Waals surface area contributed by atoms with Crippen LogP contribution in [-0.4, -0.2) is 64.2 Å². The minimum Gasteiger partial charge on any atom is -0.368 e. The van der Waals surface area contributed by atoms with E-state index in [1.807, 2.05) is 24.5 Å². The van der Waals surface area contributed by atoms with Crippen molar-refractivity contribution in [2.45, 2.75) is 64.6 Å². The summed E-state index contributed by atoms with van der Waals surface area (Å²) >= 11 is 0. The van der Waals surface area contributed by atoms with E-state index >= 15 is 0 Å². The Labute approximate surface area is 214 Å². The van der Waals surface area contributed by atoms with Crippen molar-refractivity contribution in [1.82, 2.24) is 24.8 Å². The minimum atomic E-state index is -0.196. The molecule has 4 heterocycles. The molecule has 0 amide bonds. The highest BCUT2D eigenvalue weighted by Gasteiger charge is 2.37. The van der Waals surface area contributed by atoms with Crippen molar-refractivity contribution in [1.29, 1.82) is 0 Å². The van der Waals surface area contributed by atoms with Crippen LogP contribution in [0.4, 0.5) is 10.1 Å². The second kappa shape index (κ2) is 10.3. The average Bonchev–Trinajstić information content (AvgIpc) is 3.41. The molecule has 0 spiro atoms. The maximum absolute atomic E-state index is 13.3. The van der Waals surface area contributed by atoms with Gasteiger partial charge in [0, 0.05) is 81.8 Å². The first-order chi connectivity index (χ1) is 17.3. The van der Waals surface area contributed by atoms with Gasteiger partial charge in [-0.1, -0.05) is 32.9 Å². The van der Waals surface area contributed by atoms with Gasteiger partial charge in [-0.15, -0.1) is 0 Å². The highest BCUT2D eigenvalue weighted by molar-refractivity contribution is 5.60. The number of hydrogen-bond acceptors (Lipinski definition) is 5. The predicted octanol–water partition coefficient (Wildman–Crippen LogP) is 4.03. The molecule has 0 aliphatic carbocycles. The van der Waals surface area contributed by atoms with E-state index in [4.69, 9.17) is 4.98 Å². The number of aromatic nitrogens is 3. The van der Waals surface area contributed by atoms with Crippen molar-refractivity contribution in [2.75, 3.05) is 37.6 Å². The van der Waals surface area contributed by atoms with Gasteiger partial charge >= 0.3 is 0 Å². The lowest BCUT2D eigenvalue weighted by molar-refractivity contribution is 0.124. The highest BCUT2D eigenvalue weighted by Crippen LogP contribution is 2.39. The van der Waals surface area contributed by atoms with Gasteiger partial charge in [-0.05, 0) is 42.7 Å². The summed E-state index contributed by atoms with van der Waals surface area (Å²) in [5.74, 6) is 0.960. The smallest absolute Gasteiger partial charge is 0.123 e. The van der Waals surface area contributed by atoms with Gasteiger partial charge in [0.25, 0.3) is 0 Å². The zero-order chi connectivity index (χ0) is 25.3. The largest absolute Gasteiger partial charge is 0.368 e. The van der Waals surface area contributed by atoms with Gasteiger partial charge in [-0.2, -0.15) is 0 Å². The van der Waals surface area contributed by atoms with Gasteiger partial charge in [-0.25, -0.2) is 9.37 Å². The van der Waals surface area contributed by atoms with Gasteiger partial charge in [0.2, 0.25) is 0 Å². The van der Waals surface area contributed by atoms with Crippen LogP contribution in [0.5, 0.6) is 0 Å². The van der Waals surface area contributed by atoms with Crippen molar-refractivity contribution in [3.63, 3.8) is 0 Å². The molecule has 0 saturated carbocycles. The van der Waals surface area contributed by atoms with E-state index in [2.05, 4.69) is 64.6 Å². The Morgan fingerprint density at radius 2 is 1.92 bits per heavy atom. The van der Waals surface area contributed by atoms with Crippen molar-refractivity contribution >= 4 is 5.69 Å². The quantitative estimate of drug-likeness (QED) is 0.517. The van der Waals surface area contributed by atoms with Gasteiger partial charge in [0.15, 0.2) is 0 Å². The molecule has 5 rings (SSSR count). The number of halogens is 1. The Bertz CT molecular complexity index is 1170. The van der Waals surface area contributed by atoms with Crippen LogP contribution in [0.15, 0.2) is 48.9 Å². The molecule has 1 aromatic carbocycles. The molecule has 0 bridgehead atoms. The first-order valence-corrected chi connectivity index (χ1v) is 13.3. The topological polar surface area (TPSA) is 49.2 Å². The second-order valence-corrected chi connectivity index (χ2v) is 11.1. The Hall–Kier alpha value is -2.77. The molecule has 6 nitrogen and oxygen atoms in total. The van der Waals surface area contributed by atoms with Crippen LogP contribution in [0.2, 0.25) is 0 Å². The molecular formula is C29H39FN6. The third-order valence-electron chi connectivity index (χ3n) is 7.72. The Morgan fingerprint density at radius 3 is 2.69 bits per heavy atom. The number of nitrogens with one attached hydrogen (secondary N) is 1. The molecule has 1 saturated heterocycles. The first-order valence-electron chi connectivity index (χ1n) is 13.3. The molecule has 1 N–H and O–H groups in total. The SMILES string of the molecule is CCc1nccn1C[C@H]1CN[C@H](C)CN1CCN1CC(C)(C)c2ncc(Cc3ccc(F)cc3)cc21. The number of pyridine rings is 1. The van der Waals surface area contributed by atoms with Crippen molar-refractivity contribution < 1.29 is 4.39 Å². The number of anilines is 1. The maximum atomic E-state index is 13.3. The molecule has 36 heavy (non-hydrogen) atoms.